The van der Waals surface area contributed by atoms with Crippen LogP contribution in [0.2, 0.25) is 0 Å². The number of ether oxygens (including phenoxy) is 2. The minimum absolute atomic E-state index is 0.673. The van der Waals surface area contributed by atoms with Crippen molar-refractivity contribution in [3.63, 3.8) is 0 Å². The third-order valence-corrected chi connectivity index (χ3v) is 3.53. The number of H-pyrrole nitrogens is 1. The van der Waals surface area contributed by atoms with E-state index >= 15 is 0 Å². The highest BCUT2D eigenvalue weighted by molar-refractivity contribution is 9.10. The van der Waals surface area contributed by atoms with E-state index in [1.165, 1.54) is 0 Å². The first kappa shape index (κ1) is 15.9. The predicted octanol–water partition coefficient (Wildman–Crippen LogP) is 3.26. The Bertz CT molecular complexity index is 558. The van der Waals surface area contributed by atoms with Crippen molar-refractivity contribution in [1.29, 1.82) is 0 Å². The molecule has 0 saturated heterocycles. The number of aromatic amines is 1. The summed E-state index contributed by atoms with van der Waals surface area (Å²) < 4.78 is 12.0. The maximum atomic E-state index is 5.72. The van der Waals surface area contributed by atoms with Crippen molar-refractivity contribution in [2.24, 2.45) is 0 Å². The van der Waals surface area contributed by atoms with Crippen LogP contribution in [0.15, 0.2) is 28.9 Å². The van der Waals surface area contributed by atoms with Crippen LogP contribution in [-0.4, -0.2) is 23.9 Å². The average Bonchev–Trinajstić information content (AvgIpc) is 2.99. The summed E-state index contributed by atoms with van der Waals surface area (Å²) in [6.45, 7) is 4.23. The average molecular weight is 354 g/mol. The molecule has 1 heterocycles. The topological polar surface area (TPSA) is 59.2 Å². The molecule has 0 aliphatic carbocycles. The molecule has 6 heteroatoms. The number of rotatable bonds is 8. The van der Waals surface area contributed by atoms with Crippen LogP contribution in [0.4, 0.5) is 0 Å². The molecule has 2 rings (SSSR count). The maximum Gasteiger partial charge on any atom is 0.175 e. The van der Waals surface area contributed by atoms with Gasteiger partial charge >= 0.3 is 0 Å². The monoisotopic (exact) mass is 353 g/mol. The molecule has 114 valence electrons. The van der Waals surface area contributed by atoms with Gasteiger partial charge in [0.25, 0.3) is 0 Å². The molecule has 0 saturated carbocycles. The maximum absolute atomic E-state index is 5.72. The van der Waals surface area contributed by atoms with Gasteiger partial charge < -0.3 is 14.8 Å². The van der Waals surface area contributed by atoms with E-state index in [0.717, 1.165) is 46.7 Å². The molecule has 0 fully saturated rings. The lowest BCUT2D eigenvalue weighted by Crippen LogP contribution is -2.13. The zero-order valence-electron chi connectivity index (χ0n) is 12.3. The molecular formula is C15H20BrN3O2. The van der Waals surface area contributed by atoms with E-state index in [2.05, 4.69) is 38.4 Å². The molecule has 1 aromatic carbocycles. The Kier molecular flexibility index (Phi) is 6.07. The zero-order valence-corrected chi connectivity index (χ0v) is 13.9. The summed E-state index contributed by atoms with van der Waals surface area (Å²) in [6, 6.07) is 5.99. The second kappa shape index (κ2) is 8.05. The van der Waals surface area contributed by atoms with Crippen molar-refractivity contribution in [3.8, 4) is 11.5 Å². The quantitative estimate of drug-likeness (QED) is 0.764. The number of hydrogen-bond acceptors (Lipinski definition) is 4. The van der Waals surface area contributed by atoms with Crippen molar-refractivity contribution in [3.05, 3.63) is 40.1 Å². The Morgan fingerprint density at radius 3 is 2.86 bits per heavy atom. The van der Waals surface area contributed by atoms with E-state index in [-0.39, 0.29) is 0 Å². The zero-order chi connectivity index (χ0) is 15.1. The molecule has 0 bridgehead atoms. The fourth-order valence-electron chi connectivity index (χ4n) is 1.94. The van der Waals surface area contributed by atoms with Gasteiger partial charge in [-0.25, -0.2) is 0 Å². The van der Waals surface area contributed by atoms with Gasteiger partial charge in [-0.15, -0.1) is 0 Å². The Labute approximate surface area is 133 Å². The van der Waals surface area contributed by atoms with E-state index in [1.807, 2.05) is 18.2 Å². The van der Waals surface area contributed by atoms with Gasteiger partial charge in [0.1, 0.15) is 0 Å². The van der Waals surface area contributed by atoms with E-state index in [0.29, 0.717) is 6.61 Å². The normalized spacial score (nSPS) is 10.6. The van der Waals surface area contributed by atoms with E-state index in [9.17, 15) is 0 Å². The Morgan fingerprint density at radius 2 is 2.19 bits per heavy atom. The molecule has 0 spiro atoms. The van der Waals surface area contributed by atoms with Crippen LogP contribution < -0.4 is 14.8 Å². The summed E-state index contributed by atoms with van der Waals surface area (Å²) in [4.78, 5) is 0. The number of methoxy groups -OCH3 is 1. The van der Waals surface area contributed by atoms with Crippen molar-refractivity contribution < 1.29 is 9.47 Å². The Hall–Kier alpha value is -1.53. The number of nitrogens with zero attached hydrogens (tertiary/aromatic N) is 1. The van der Waals surface area contributed by atoms with Crippen LogP contribution in [0.5, 0.6) is 11.5 Å². The van der Waals surface area contributed by atoms with Crippen molar-refractivity contribution in [2.75, 3.05) is 13.7 Å². The summed E-state index contributed by atoms with van der Waals surface area (Å²) in [5.41, 5.74) is 2.19. The highest BCUT2D eigenvalue weighted by Gasteiger charge is 2.11. The molecular weight excluding hydrogens is 334 g/mol. The van der Waals surface area contributed by atoms with Gasteiger partial charge in [0, 0.05) is 25.0 Å². The lowest BCUT2D eigenvalue weighted by Gasteiger charge is -2.14. The summed E-state index contributed by atoms with van der Waals surface area (Å²) in [5.74, 6) is 1.51. The molecule has 1 aromatic heterocycles. The third-order valence-electron chi connectivity index (χ3n) is 2.94. The van der Waals surface area contributed by atoms with Gasteiger partial charge in [-0.3, -0.25) is 5.10 Å². The lowest BCUT2D eigenvalue weighted by atomic mass is 10.2. The van der Waals surface area contributed by atoms with Crippen LogP contribution >= 0.6 is 15.9 Å². The van der Waals surface area contributed by atoms with Gasteiger partial charge in [0.05, 0.1) is 18.2 Å². The van der Waals surface area contributed by atoms with Gasteiger partial charge in [0.15, 0.2) is 11.5 Å². The highest BCUT2D eigenvalue weighted by atomic mass is 79.9. The molecule has 0 unspecified atom stereocenters. The number of hydrogen-bond donors (Lipinski definition) is 2. The molecule has 21 heavy (non-hydrogen) atoms. The third kappa shape index (κ3) is 4.47. The summed E-state index contributed by atoms with van der Waals surface area (Å²) >= 11 is 3.55. The van der Waals surface area contributed by atoms with Crippen LogP contribution in [-0.2, 0) is 13.1 Å². The first-order chi connectivity index (χ1) is 10.2. The molecule has 0 amide bonds. The SMILES string of the molecule is CCCOc1c(Br)cc(CNCc2ccn[nH]2)cc1OC. The van der Waals surface area contributed by atoms with Gasteiger partial charge in [-0.05, 0) is 46.1 Å². The molecule has 0 atom stereocenters. The van der Waals surface area contributed by atoms with E-state index in [4.69, 9.17) is 9.47 Å². The molecule has 0 aliphatic heterocycles. The minimum atomic E-state index is 0.673. The highest BCUT2D eigenvalue weighted by Crippen LogP contribution is 2.36. The van der Waals surface area contributed by atoms with Gasteiger partial charge in [-0.1, -0.05) is 6.92 Å². The van der Waals surface area contributed by atoms with Crippen LogP contribution in [0.3, 0.4) is 0 Å². The summed E-state index contributed by atoms with van der Waals surface area (Å²) in [7, 11) is 1.66. The van der Waals surface area contributed by atoms with E-state index in [1.54, 1.807) is 13.3 Å². The molecule has 2 N–H and O–H groups in total. The number of aromatic nitrogens is 2. The Morgan fingerprint density at radius 1 is 1.33 bits per heavy atom. The van der Waals surface area contributed by atoms with Crippen LogP contribution in [0.1, 0.15) is 24.6 Å². The van der Waals surface area contributed by atoms with Crippen molar-refractivity contribution in [1.82, 2.24) is 15.5 Å². The number of nitrogens with one attached hydrogen (secondary N) is 2. The molecule has 0 radical (unpaired) electrons. The molecule has 0 aliphatic rings. The lowest BCUT2D eigenvalue weighted by molar-refractivity contribution is 0.292. The predicted molar refractivity (Wildman–Crippen MR) is 85.6 cm³/mol. The summed E-state index contributed by atoms with van der Waals surface area (Å²) in [5, 5.41) is 10.2. The summed E-state index contributed by atoms with van der Waals surface area (Å²) in [6.07, 6.45) is 2.71. The second-order valence-electron chi connectivity index (χ2n) is 4.64. The Balaban J connectivity index is 2.01. The second-order valence-corrected chi connectivity index (χ2v) is 5.50. The van der Waals surface area contributed by atoms with Crippen molar-refractivity contribution >= 4 is 15.9 Å². The van der Waals surface area contributed by atoms with E-state index < -0.39 is 0 Å². The van der Waals surface area contributed by atoms with Gasteiger partial charge in [0.2, 0.25) is 0 Å². The number of halogens is 1. The fourth-order valence-corrected chi connectivity index (χ4v) is 2.55. The smallest absolute Gasteiger partial charge is 0.175 e. The molecule has 2 aromatic rings. The largest absolute Gasteiger partial charge is 0.493 e. The van der Waals surface area contributed by atoms with Crippen molar-refractivity contribution in [2.45, 2.75) is 26.4 Å². The van der Waals surface area contributed by atoms with Crippen LogP contribution in [0, 0.1) is 0 Å². The van der Waals surface area contributed by atoms with Crippen LogP contribution in [0.25, 0.3) is 0 Å². The first-order valence-corrected chi connectivity index (χ1v) is 7.72. The van der Waals surface area contributed by atoms with Gasteiger partial charge in [-0.2, -0.15) is 5.10 Å². The number of benzene rings is 1. The first-order valence-electron chi connectivity index (χ1n) is 6.92. The minimum Gasteiger partial charge on any atom is -0.493 e. The molecule has 5 nitrogen and oxygen atoms in total. The standard InChI is InChI=1S/C15H20BrN3O2/c1-3-6-21-15-13(16)7-11(8-14(15)20-2)9-17-10-12-4-5-18-19-12/h4-5,7-8,17H,3,6,9-10H2,1-2H3,(H,18,19). The fraction of sp³-hybridized carbons (Fsp3) is 0.400.